The standard InChI is InChI=1S/C18H13Br/c19-18-13-7-6-12-17(18)16-11-5-4-10-15(16)14-8-2-1-3-9-14/h1-13H/i4D,7D. The molecule has 0 saturated carbocycles. The molecule has 0 fully saturated rings. The Balaban J connectivity index is 2.24. The van der Waals surface area contributed by atoms with E-state index in [1.54, 1.807) is 18.2 Å². The molecule has 0 amide bonds. The number of hydrogen-bond acceptors (Lipinski definition) is 0. The molecule has 0 spiro atoms. The molecule has 0 aliphatic carbocycles. The molecule has 0 unspecified atom stereocenters. The third-order valence-corrected chi connectivity index (χ3v) is 3.71. The highest BCUT2D eigenvalue weighted by Gasteiger charge is 2.08. The van der Waals surface area contributed by atoms with Crippen LogP contribution in [0.3, 0.4) is 0 Å². The van der Waals surface area contributed by atoms with E-state index in [0.717, 1.165) is 26.7 Å². The molecular weight excluding hydrogens is 296 g/mol. The molecule has 0 aliphatic rings. The summed E-state index contributed by atoms with van der Waals surface area (Å²) in [6, 6.07) is 22.2. The van der Waals surface area contributed by atoms with Crippen LogP contribution in [-0.4, -0.2) is 0 Å². The zero-order chi connectivity index (χ0) is 14.8. The maximum atomic E-state index is 7.89. The molecule has 0 nitrogen and oxygen atoms in total. The molecule has 0 saturated heterocycles. The van der Waals surface area contributed by atoms with Gasteiger partial charge in [-0.15, -0.1) is 0 Å². The van der Waals surface area contributed by atoms with E-state index >= 15 is 0 Å². The van der Waals surface area contributed by atoms with Gasteiger partial charge in [0.2, 0.25) is 0 Å². The molecular formula is C18H13Br. The van der Waals surface area contributed by atoms with Crippen molar-refractivity contribution in [2.24, 2.45) is 0 Å². The first-order valence-corrected chi connectivity index (χ1v) is 6.87. The zero-order valence-electron chi connectivity index (χ0n) is 12.2. The highest BCUT2D eigenvalue weighted by atomic mass is 79.9. The summed E-state index contributed by atoms with van der Waals surface area (Å²) < 4.78 is 16.5. The molecule has 1 heteroatoms. The van der Waals surface area contributed by atoms with E-state index in [4.69, 9.17) is 2.74 Å². The molecule has 0 radical (unpaired) electrons. The maximum absolute atomic E-state index is 7.89. The van der Waals surface area contributed by atoms with Gasteiger partial charge < -0.3 is 0 Å². The summed E-state index contributed by atoms with van der Waals surface area (Å²) in [5.41, 5.74) is 4.21. The lowest BCUT2D eigenvalue weighted by Gasteiger charge is -2.11. The van der Waals surface area contributed by atoms with E-state index in [0.29, 0.717) is 12.1 Å². The van der Waals surface area contributed by atoms with Crippen LogP contribution in [0.4, 0.5) is 0 Å². The van der Waals surface area contributed by atoms with Gasteiger partial charge in [0.05, 0.1) is 2.74 Å². The van der Waals surface area contributed by atoms with Crippen molar-refractivity contribution in [2.75, 3.05) is 0 Å². The first-order valence-electron chi connectivity index (χ1n) is 7.08. The van der Waals surface area contributed by atoms with Gasteiger partial charge in [-0.2, -0.15) is 0 Å². The molecule has 0 N–H and O–H groups in total. The molecule has 3 aromatic carbocycles. The highest BCUT2D eigenvalue weighted by Crippen LogP contribution is 2.35. The van der Waals surface area contributed by atoms with Crippen LogP contribution in [0.25, 0.3) is 22.3 Å². The van der Waals surface area contributed by atoms with Crippen LogP contribution in [0.5, 0.6) is 0 Å². The van der Waals surface area contributed by atoms with Gasteiger partial charge in [0.25, 0.3) is 0 Å². The number of halogens is 1. The Labute approximate surface area is 124 Å². The smallest absolute Gasteiger partial charge is 0.0622 e. The topological polar surface area (TPSA) is 0 Å². The van der Waals surface area contributed by atoms with E-state index in [-0.39, 0.29) is 0 Å². The van der Waals surface area contributed by atoms with Crippen molar-refractivity contribution in [1.29, 1.82) is 0 Å². The Morgan fingerprint density at radius 2 is 1.32 bits per heavy atom. The maximum Gasteiger partial charge on any atom is 0.0623 e. The predicted octanol–water partition coefficient (Wildman–Crippen LogP) is 5.78. The van der Waals surface area contributed by atoms with Crippen LogP contribution in [0.1, 0.15) is 2.74 Å². The van der Waals surface area contributed by atoms with Gasteiger partial charge in [0, 0.05) is 4.47 Å². The lowest BCUT2D eigenvalue weighted by molar-refractivity contribution is 1.56. The van der Waals surface area contributed by atoms with Gasteiger partial charge in [-0.25, -0.2) is 0 Å². The van der Waals surface area contributed by atoms with Crippen molar-refractivity contribution in [1.82, 2.24) is 0 Å². The number of benzene rings is 3. The molecule has 0 heterocycles. The fourth-order valence-corrected chi connectivity index (χ4v) is 2.63. The quantitative estimate of drug-likeness (QED) is 0.562. The van der Waals surface area contributed by atoms with Gasteiger partial charge in [-0.1, -0.05) is 88.7 Å². The van der Waals surface area contributed by atoms with Crippen LogP contribution in [-0.2, 0) is 0 Å². The van der Waals surface area contributed by atoms with Crippen LogP contribution in [0, 0.1) is 0 Å². The number of hydrogen-bond donors (Lipinski definition) is 0. The van der Waals surface area contributed by atoms with Gasteiger partial charge in [-0.3, -0.25) is 0 Å². The van der Waals surface area contributed by atoms with Crippen molar-refractivity contribution < 1.29 is 2.74 Å². The normalized spacial score (nSPS) is 11.8. The van der Waals surface area contributed by atoms with Crippen LogP contribution < -0.4 is 0 Å². The van der Waals surface area contributed by atoms with Crippen LogP contribution in [0.15, 0.2) is 83.3 Å². The Kier molecular flexibility index (Phi) is 2.85. The molecule has 0 aromatic heterocycles. The second kappa shape index (κ2) is 5.41. The Morgan fingerprint density at radius 1 is 0.632 bits per heavy atom. The van der Waals surface area contributed by atoms with Crippen LogP contribution in [0.2, 0.25) is 0 Å². The average Bonchev–Trinajstić information content (AvgIpc) is 2.49. The first kappa shape index (κ1) is 9.99. The van der Waals surface area contributed by atoms with E-state index in [1.807, 2.05) is 48.5 Å². The van der Waals surface area contributed by atoms with Gasteiger partial charge in [0.15, 0.2) is 0 Å². The second-order valence-electron chi connectivity index (χ2n) is 4.24. The van der Waals surface area contributed by atoms with Crippen molar-refractivity contribution in [2.45, 2.75) is 0 Å². The summed E-state index contributed by atoms with van der Waals surface area (Å²) in [7, 11) is 0. The SMILES string of the molecule is [2H]c1ccc(-c2ccc([2H])cc2-c2ccccc2)c(Br)c1. The lowest BCUT2D eigenvalue weighted by atomic mass is 9.95. The fourth-order valence-electron chi connectivity index (χ4n) is 2.15. The van der Waals surface area contributed by atoms with E-state index in [1.165, 1.54) is 0 Å². The Morgan fingerprint density at radius 3 is 2.05 bits per heavy atom. The molecule has 0 aliphatic heterocycles. The summed E-state index contributed by atoms with van der Waals surface area (Å²) in [5.74, 6) is 0. The third kappa shape index (κ3) is 2.47. The summed E-state index contributed by atoms with van der Waals surface area (Å²) in [6.07, 6.45) is 0. The second-order valence-corrected chi connectivity index (χ2v) is 5.10. The van der Waals surface area contributed by atoms with E-state index in [9.17, 15) is 0 Å². The summed E-state index contributed by atoms with van der Waals surface area (Å²) in [6.45, 7) is 0. The Bertz CT molecular complexity index is 782. The molecule has 0 bridgehead atoms. The molecule has 19 heavy (non-hydrogen) atoms. The van der Waals surface area contributed by atoms with Crippen molar-refractivity contribution >= 4 is 15.9 Å². The highest BCUT2D eigenvalue weighted by molar-refractivity contribution is 9.10. The predicted molar refractivity (Wildman–Crippen MR) is 85.0 cm³/mol. The minimum atomic E-state index is 0.476. The van der Waals surface area contributed by atoms with Crippen molar-refractivity contribution in [3.8, 4) is 22.3 Å². The fraction of sp³-hybridized carbons (Fsp3) is 0. The molecule has 3 aromatic rings. The van der Waals surface area contributed by atoms with Crippen LogP contribution >= 0.6 is 15.9 Å². The van der Waals surface area contributed by atoms with Gasteiger partial charge >= 0.3 is 0 Å². The summed E-state index contributed by atoms with van der Waals surface area (Å²) >= 11 is 3.54. The minimum Gasteiger partial charge on any atom is -0.0622 e. The average molecular weight is 311 g/mol. The number of rotatable bonds is 2. The molecule has 92 valence electrons. The first-order chi connectivity index (χ1) is 10.1. The minimum absolute atomic E-state index is 0.476. The largest absolute Gasteiger partial charge is 0.0623 e. The summed E-state index contributed by atoms with van der Waals surface area (Å²) in [5, 5.41) is 0. The van der Waals surface area contributed by atoms with Crippen molar-refractivity contribution in [3.63, 3.8) is 0 Å². The molecule has 0 atom stereocenters. The monoisotopic (exact) mass is 310 g/mol. The lowest BCUT2D eigenvalue weighted by Crippen LogP contribution is -1.85. The van der Waals surface area contributed by atoms with E-state index in [2.05, 4.69) is 15.9 Å². The Hall–Kier alpha value is -1.86. The summed E-state index contributed by atoms with van der Waals surface area (Å²) in [4.78, 5) is 0. The van der Waals surface area contributed by atoms with Gasteiger partial charge in [-0.05, 0) is 28.3 Å². The van der Waals surface area contributed by atoms with Crippen molar-refractivity contribution in [3.05, 3.63) is 83.3 Å². The molecule has 3 rings (SSSR count). The van der Waals surface area contributed by atoms with E-state index < -0.39 is 0 Å². The zero-order valence-corrected chi connectivity index (χ0v) is 11.8. The third-order valence-electron chi connectivity index (χ3n) is 3.05. The van der Waals surface area contributed by atoms with Gasteiger partial charge in [0.1, 0.15) is 0 Å².